The number of carbonyl (C=O) groups excluding carboxylic acids is 3. The molecule has 1 unspecified atom stereocenters. The fourth-order valence-electron chi connectivity index (χ4n) is 3.86. The predicted octanol–water partition coefficient (Wildman–Crippen LogP) is 4.15. The number of hydrogen-bond acceptors (Lipinski definition) is 3. The number of nitrogens with two attached hydrogens (primary N) is 1. The van der Waals surface area contributed by atoms with E-state index >= 15 is 0 Å². The summed E-state index contributed by atoms with van der Waals surface area (Å²) in [5.74, 6) is -0.892. The van der Waals surface area contributed by atoms with Crippen LogP contribution in [0.25, 0.3) is 21.9 Å². The Kier molecular flexibility index (Phi) is 6.08. The van der Waals surface area contributed by atoms with Crippen LogP contribution < -0.4 is 11.1 Å². The molecule has 4 aromatic carbocycles. The highest BCUT2D eigenvalue weighted by atomic mass is 16.2. The molecule has 0 aromatic heterocycles. The van der Waals surface area contributed by atoms with Gasteiger partial charge in [0.25, 0.3) is 5.91 Å². The molecule has 5 heteroatoms. The third kappa shape index (κ3) is 4.42. The monoisotopic (exact) mass is 422 g/mol. The van der Waals surface area contributed by atoms with Crippen molar-refractivity contribution in [2.75, 3.05) is 0 Å². The average molecular weight is 422 g/mol. The van der Waals surface area contributed by atoms with E-state index in [4.69, 9.17) is 5.73 Å². The molecule has 3 N–H and O–H groups in total. The maximum Gasteiger partial charge on any atom is 0.251 e. The van der Waals surface area contributed by atoms with E-state index in [1.165, 1.54) is 0 Å². The Morgan fingerprint density at radius 2 is 1.62 bits per heavy atom. The minimum Gasteiger partial charge on any atom is -0.366 e. The van der Waals surface area contributed by atoms with Crippen LogP contribution in [-0.2, 0) is 11.2 Å². The van der Waals surface area contributed by atoms with Gasteiger partial charge in [0.05, 0.1) is 11.6 Å². The van der Waals surface area contributed by atoms with Crippen LogP contribution in [0.4, 0.5) is 0 Å². The summed E-state index contributed by atoms with van der Waals surface area (Å²) < 4.78 is 0. The third-order valence-electron chi connectivity index (χ3n) is 5.39. The molecule has 0 spiro atoms. The summed E-state index contributed by atoms with van der Waals surface area (Å²) in [4.78, 5) is 36.7. The molecule has 4 rings (SSSR count). The minimum atomic E-state index is -0.643. The number of amides is 2. The molecule has 5 nitrogen and oxygen atoms in total. The Hall–Kier alpha value is -4.25. The molecule has 0 aliphatic heterocycles. The van der Waals surface area contributed by atoms with Crippen molar-refractivity contribution in [1.82, 2.24) is 5.32 Å². The van der Waals surface area contributed by atoms with Gasteiger partial charge in [0, 0.05) is 5.56 Å². The van der Waals surface area contributed by atoms with Gasteiger partial charge in [-0.15, -0.1) is 0 Å². The van der Waals surface area contributed by atoms with Gasteiger partial charge in [0.1, 0.15) is 6.29 Å². The zero-order chi connectivity index (χ0) is 22.5. The summed E-state index contributed by atoms with van der Waals surface area (Å²) in [5, 5.41) is 4.45. The lowest BCUT2D eigenvalue weighted by molar-refractivity contribution is -0.109. The van der Waals surface area contributed by atoms with Gasteiger partial charge >= 0.3 is 0 Å². The van der Waals surface area contributed by atoms with Crippen LogP contribution in [-0.4, -0.2) is 24.1 Å². The SMILES string of the molecule is NC(=O)c1c(-c2cccc(C(=O)NC(C=O)Cc3ccccc3)c2)ccc2ccccc12. The lowest BCUT2D eigenvalue weighted by Gasteiger charge is -2.14. The first kappa shape index (κ1) is 21.0. The molecule has 0 aliphatic carbocycles. The van der Waals surface area contributed by atoms with E-state index in [2.05, 4.69) is 5.32 Å². The summed E-state index contributed by atoms with van der Waals surface area (Å²) in [5.41, 5.74) is 8.83. The van der Waals surface area contributed by atoms with E-state index in [0.717, 1.165) is 22.6 Å². The Bertz CT molecular complexity index is 1300. The number of hydrogen-bond donors (Lipinski definition) is 2. The number of carbonyl (C=O) groups is 3. The molecule has 0 saturated carbocycles. The maximum absolute atomic E-state index is 12.9. The number of aldehydes is 1. The van der Waals surface area contributed by atoms with Crippen molar-refractivity contribution in [1.29, 1.82) is 0 Å². The molecular formula is C27H22N2O3. The van der Waals surface area contributed by atoms with Gasteiger partial charge in [-0.1, -0.05) is 78.9 Å². The average Bonchev–Trinajstić information content (AvgIpc) is 2.83. The van der Waals surface area contributed by atoms with E-state index in [9.17, 15) is 14.4 Å². The summed E-state index contributed by atoms with van der Waals surface area (Å²) >= 11 is 0. The first-order chi connectivity index (χ1) is 15.6. The number of fused-ring (bicyclic) bond motifs is 1. The molecule has 158 valence electrons. The van der Waals surface area contributed by atoms with Gasteiger partial charge < -0.3 is 15.8 Å². The van der Waals surface area contributed by atoms with Crippen LogP contribution in [0, 0.1) is 0 Å². The second kappa shape index (κ2) is 9.27. The minimum absolute atomic E-state index is 0.360. The van der Waals surface area contributed by atoms with Gasteiger partial charge in [0.2, 0.25) is 5.91 Å². The first-order valence-electron chi connectivity index (χ1n) is 10.3. The molecule has 32 heavy (non-hydrogen) atoms. The van der Waals surface area contributed by atoms with Gasteiger partial charge in [-0.25, -0.2) is 0 Å². The number of rotatable bonds is 7. The topological polar surface area (TPSA) is 89.3 Å². The van der Waals surface area contributed by atoms with Gasteiger partial charge in [0.15, 0.2) is 0 Å². The zero-order valence-corrected chi connectivity index (χ0v) is 17.3. The highest BCUT2D eigenvalue weighted by Gasteiger charge is 2.17. The van der Waals surface area contributed by atoms with Gasteiger partial charge in [-0.2, -0.15) is 0 Å². The molecule has 0 bridgehead atoms. The van der Waals surface area contributed by atoms with E-state index in [1.54, 1.807) is 18.2 Å². The third-order valence-corrected chi connectivity index (χ3v) is 5.39. The Labute approximate surface area is 185 Å². The highest BCUT2D eigenvalue weighted by Crippen LogP contribution is 2.30. The fraction of sp³-hybridized carbons (Fsp3) is 0.0741. The highest BCUT2D eigenvalue weighted by molar-refractivity contribution is 6.12. The summed E-state index contributed by atoms with van der Waals surface area (Å²) in [6.07, 6.45) is 1.15. The molecule has 0 aliphatic rings. The first-order valence-corrected chi connectivity index (χ1v) is 10.3. The van der Waals surface area contributed by atoms with Crippen LogP contribution in [0.2, 0.25) is 0 Å². The number of primary amides is 1. The van der Waals surface area contributed by atoms with Crippen LogP contribution in [0.5, 0.6) is 0 Å². The molecule has 0 radical (unpaired) electrons. The summed E-state index contributed by atoms with van der Waals surface area (Å²) in [6.45, 7) is 0. The zero-order valence-electron chi connectivity index (χ0n) is 17.3. The Morgan fingerprint density at radius 3 is 2.38 bits per heavy atom. The fourth-order valence-corrected chi connectivity index (χ4v) is 3.86. The van der Waals surface area contributed by atoms with Crippen LogP contribution in [0.1, 0.15) is 26.3 Å². The van der Waals surface area contributed by atoms with E-state index in [0.29, 0.717) is 28.7 Å². The smallest absolute Gasteiger partial charge is 0.251 e. The van der Waals surface area contributed by atoms with Crippen LogP contribution >= 0.6 is 0 Å². The van der Waals surface area contributed by atoms with Crippen molar-refractivity contribution in [3.05, 3.63) is 108 Å². The van der Waals surface area contributed by atoms with E-state index < -0.39 is 11.9 Å². The molecule has 1 atom stereocenters. The number of nitrogens with one attached hydrogen (secondary N) is 1. The van der Waals surface area contributed by atoms with Gasteiger partial charge in [-0.05, 0) is 46.0 Å². The molecule has 0 saturated heterocycles. The lowest BCUT2D eigenvalue weighted by Crippen LogP contribution is -2.37. The standard InChI is InChI=1S/C27H22N2O3/c28-26(31)25-23-12-5-4-9-19(23)13-14-24(25)20-10-6-11-21(16-20)27(32)29-22(17-30)15-18-7-2-1-3-8-18/h1-14,16-17,22H,15H2,(H2,28,31)(H,29,32). The molecule has 4 aromatic rings. The van der Waals surface area contributed by atoms with Crippen molar-refractivity contribution >= 4 is 28.9 Å². The van der Waals surface area contributed by atoms with Crippen molar-refractivity contribution in [2.24, 2.45) is 5.73 Å². The van der Waals surface area contributed by atoms with Crippen molar-refractivity contribution < 1.29 is 14.4 Å². The quantitative estimate of drug-likeness (QED) is 0.439. The Balaban J connectivity index is 1.64. The van der Waals surface area contributed by atoms with Crippen LogP contribution in [0.15, 0.2) is 91.0 Å². The normalized spacial score (nSPS) is 11.6. The number of benzene rings is 4. The molecule has 0 fully saturated rings. The second-order valence-corrected chi connectivity index (χ2v) is 7.56. The summed E-state index contributed by atoms with van der Waals surface area (Å²) in [7, 11) is 0. The van der Waals surface area contributed by atoms with Gasteiger partial charge in [-0.3, -0.25) is 9.59 Å². The molecule has 2 amide bonds. The predicted molar refractivity (Wildman–Crippen MR) is 125 cm³/mol. The van der Waals surface area contributed by atoms with E-state index in [1.807, 2.05) is 72.8 Å². The maximum atomic E-state index is 12.9. The van der Waals surface area contributed by atoms with Crippen molar-refractivity contribution in [2.45, 2.75) is 12.5 Å². The Morgan fingerprint density at radius 1 is 0.875 bits per heavy atom. The second-order valence-electron chi connectivity index (χ2n) is 7.56. The lowest BCUT2D eigenvalue weighted by atomic mass is 9.93. The van der Waals surface area contributed by atoms with E-state index in [-0.39, 0.29) is 5.91 Å². The van der Waals surface area contributed by atoms with Crippen molar-refractivity contribution in [3.63, 3.8) is 0 Å². The summed E-state index contributed by atoms with van der Waals surface area (Å²) in [6, 6.07) is 27.1. The van der Waals surface area contributed by atoms with Crippen LogP contribution in [0.3, 0.4) is 0 Å². The van der Waals surface area contributed by atoms with Crippen molar-refractivity contribution in [3.8, 4) is 11.1 Å². The molecular weight excluding hydrogens is 400 g/mol. The largest absolute Gasteiger partial charge is 0.366 e. The molecule has 0 heterocycles.